The molecule has 1 aliphatic rings. The van der Waals surface area contributed by atoms with Gasteiger partial charge >= 0.3 is 0 Å². The Morgan fingerprint density at radius 1 is 1.24 bits per heavy atom. The van der Waals surface area contributed by atoms with E-state index in [1.54, 1.807) is 0 Å². The van der Waals surface area contributed by atoms with Gasteiger partial charge in [-0.05, 0) is 30.4 Å². The number of hydrogen-bond acceptors (Lipinski definition) is 1. The smallest absolute Gasteiger partial charge is 0.0577 e. The van der Waals surface area contributed by atoms with Crippen LogP contribution >= 0.6 is 0 Å². The van der Waals surface area contributed by atoms with Crippen LogP contribution in [0.4, 0.5) is 0 Å². The minimum atomic E-state index is -0.186. The molecule has 0 aromatic heterocycles. The molecule has 0 radical (unpaired) electrons. The van der Waals surface area contributed by atoms with E-state index in [1.165, 1.54) is 16.7 Å². The zero-order chi connectivity index (χ0) is 12.1. The molecule has 1 nitrogen and oxygen atoms in total. The third kappa shape index (κ3) is 3.07. The van der Waals surface area contributed by atoms with Crippen molar-refractivity contribution >= 4 is 5.57 Å². The predicted octanol–water partition coefficient (Wildman–Crippen LogP) is 3.95. The molecular formula is C16H20O. The fourth-order valence-electron chi connectivity index (χ4n) is 2.38. The van der Waals surface area contributed by atoms with Crippen molar-refractivity contribution in [3.63, 3.8) is 0 Å². The Balaban J connectivity index is 2.15. The number of hydrogen-bond donors (Lipinski definition) is 1. The summed E-state index contributed by atoms with van der Waals surface area (Å²) in [5.74, 6) is 0. The summed E-state index contributed by atoms with van der Waals surface area (Å²) >= 11 is 0. The molecule has 2 rings (SSSR count). The van der Waals surface area contributed by atoms with Crippen LogP contribution in [0, 0.1) is 0 Å². The van der Waals surface area contributed by atoms with Gasteiger partial charge in [-0.15, -0.1) is 0 Å². The molecule has 0 aliphatic heterocycles. The third-order valence-corrected chi connectivity index (χ3v) is 3.22. The van der Waals surface area contributed by atoms with E-state index in [4.69, 9.17) is 0 Å². The largest absolute Gasteiger partial charge is 0.393 e. The van der Waals surface area contributed by atoms with Crippen LogP contribution in [0.25, 0.3) is 5.57 Å². The quantitative estimate of drug-likeness (QED) is 0.809. The summed E-state index contributed by atoms with van der Waals surface area (Å²) in [6.07, 6.45) is 7.93. The molecule has 0 bridgehead atoms. The van der Waals surface area contributed by atoms with Gasteiger partial charge in [-0.2, -0.15) is 0 Å². The second kappa shape index (κ2) is 5.83. The normalized spacial score (nSPS) is 16.6. The van der Waals surface area contributed by atoms with E-state index in [1.807, 2.05) is 6.07 Å². The molecule has 1 aromatic rings. The maximum absolute atomic E-state index is 9.91. The van der Waals surface area contributed by atoms with E-state index in [0.717, 1.165) is 25.7 Å². The fourth-order valence-corrected chi connectivity index (χ4v) is 2.38. The molecule has 0 spiro atoms. The number of allylic oxidation sites excluding steroid dienone is 3. The van der Waals surface area contributed by atoms with E-state index < -0.39 is 0 Å². The highest BCUT2D eigenvalue weighted by Crippen LogP contribution is 2.31. The van der Waals surface area contributed by atoms with Gasteiger partial charge in [0, 0.05) is 0 Å². The first kappa shape index (κ1) is 12.1. The van der Waals surface area contributed by atoms with Gasteiger partial charge in [0.1, 0.15) is 0 Å². The van der Waals surface area contributed by atoms with Gasteiger partial charge in [-0.25, -0.2) is 0 Å². The summed E-state index contributed by atoms with van der Waals surface area (Å²) in [6.45, 7) is 2.11. The summed E-state index contributed by atoms with van der Waals surface area (Å²) in [6, 6.07) is 10.4. The molecule has 1 aromatic carbocycles. The van der Waals surface area contributed by atoms with Crippen molar-refractivity contribution in [2.75, 3.05) is 0 Å². The average Bonchev–Trinajstić information content (AvgIpc) is 2.78. The molecule has 0 amide bonds. The lowest BCUT2D eigenvalue weighted by Crippen LogP contribution is -2.07. The Morgan fingerprint density at radius 2 is 2.00 bits per heavy atom. The molecule has 1 unspecified atom stereocenters. The third-order valence-electron chi connectivity index (χ3n) is 3.22. The molecular weight excluding hydrogens is 208 g/mol. The molecule has 1 heteroatoms. The van der Waals surface area contributed by atoms with Crippen LogP contribution in [-0.2, 0) is 0 Å². The lowest BCUT2D eigenvalue weighted by Gasteiger charge is -2.12. The van der Waals surface area contributed by atoms with Crippen molar-refractivity contribution in [2.24, 2.45) is 0 Å². The van der Waals surface area contributed by atoms with Gasteiger partial charge in [0.15, 0.2) is 0 Å². The molecule has 0 fully saturated rings. The number of aliphatic hydroxyl groups excluding tert-OH is 1. The molecule has 0 saturated heterocycles. The maximum atomic E-state index is 9.91. The van der Waals surface area contributed by atoms with Crippen LogP contribution in [0.5, 0.6) is 0 Å². The van der Waals surface area contributed by atoms with Gasteiger partial charge in [-0.3, -0.25) is 0 Å². The van der Waals surface area contributed by atoms with E-state index >= 15 is 0 Å². The van der Waals surface area contributed by atoms with Crippen LogP contribution < -0.4 is 0 Å². The van der Waals surface area contributed by atoms with Crippen molar-refractivity contribution in [1.82, 2.24) is 0 Å². The van der Waals surface area contributed by atoms with Crippen LogP contribution in [-0.4, -0.2) is 11.2 Å². The van der Waals surface area contributed by atoms with E-state index in [2.05, 4.69) is 43.3 Å². The van der Waals surface area contributed by atoms with Crippen LogP contribution in [0.15, 0.2) is 48.1 Å². The summed E-state index contributed by atoms with van der Waals surface area (Å²) in [5.41, 5.74) is 3.94. The highest BCUT2D eigenvalue weighted by atomic mass is 16.3. The predicted molar refractivity (Wildman–Crippen MR) is 72.7 cm³/mol. The van der Waals surface area contributed by atoms with Crippen molar-refractivity contribution in [1.29, 1.82) is 0 Å². The minimum Gasteiger partial charge on any atom is -0.393 e. The van der Waals surface area contributed by atoms with Gasteiger partial charge in [0.25, 0.3) is 0 Å². The Morgan fingerprint density at radius 3 is 2.71 bits per heavy atom. The molecule has 1 N–H and O–H groups in total. The average molecular weight is 228 g/mol. The first-order valence-corrected chi connectivity index (χ1v) is 6.43. The van der Waals surface area contributed by atoms with E-state index in [9.17, 15) is 5.11 Å². The second-order valence-corrected chi connectivity index (χ2v) is 4.64. The number of aliphatic hydroxyl groups is 1. The van der Waals surface area contributed by atoms with Gasteiger partial charge in [-0.1, -0.05) is 61.4 Å². The Labute approximate surface area is 103 Å². The van der Waals surface area contributed by atoms with E-state index in [-0.39, 0.29) is 6.10 Å². The second-order valence-electron chi connectivity index (χ2n) is 4.64. The summed E-state index contributed by atoms with van der Waals surface area (Å²) in [5, 5.41) is 9.91. The highest BCUT2D eigenvalue weighted by Gasteiger charge is 2.14. The zero-order valence-corrected chi connectivity index (χ0v) is 10.4. The lowest BCUT2D eigenvalue weighted by molar-refractivity contribution is 0.163. The Kier molecular flexibility index (Phi) is 4.16. The maximum Gasteiger partial charge on any atom is 0.0577 e. The molecule has 90 valence electrons. The van der Waals surface area contributed by atoms with Crippen molar-refractivity contribution < 1.29 is 5.11 Å². The Bertz CT molecular complexity index is 414. The summed E-state index contributed by atoms with van der Waals surface area (Å²) in [4.78, 5) is 0. The lowest BCUT2D eigenvalue weighted by atomic mass is 9.97. The number of rotatable bonds is 5. The summed E-state index contributed by atoms with van der Waals surface area (Å²) < 4.78 is 0. The van der Waals surface area contributed by atoms with Crippen LogP contribution in [0.3, 0.4) is 0 Å². The SMILES string of the molecule is CCCC(O)CC1=C(c2ccccc2)C=CC1. The molecule has 1 aliphatic carbocycles. The molecule has 17 heavy (non-hydrogen) atoms. The zero-order valence-electron chi connectivity index (χ0n) is 10.4. The standard InChI is InChI=1S/C16H20O/c1-2-7-15(17)12-14-10-6-11-16(14)13-8-4-3-5-9-13/h3-6,8-9,11,15,17H,2,7,10,12H2,1H3. The van der Waals surface area contributed by atoms with Crippen molar-refractivity contribution in [2.45, 2.75) is 38.7 Å². The van der Waals surface area contributed by atoms with Crippen molar-refractivity contribution in [3.05, 3.63) is 53.6 Å². The summed E-state index contributed by atoms with van der Waals surface area (Å²) in [7, 11) is 0. The monoisotopic (exact) mass is 228 g/mol. The first-order valence-electron chi connectivity index (χ1n) is 6.43. The molecule has 1 atom stereocenters. The fraction of sp³-hybridized carbons (Fsp3) is 0.375. The molecule has 0 saturated carbocycles. The van der Waals surface area contributed by atoms with Crippen molar-refractivity contribution in [3.8, 4) is 0 Å². The van der Waals surface area contributed by atoms with Crippen LogP contribution in [0.1, 0.15) is 38.2 Å². The topological polar surface area (TPSA) is 20.2 Å². The van der Waals surface area contributed by atoms with E-state index in [0.29, 0.717) is 0 Å². The first-order chi connectivity index (χ1) is 8.31. The van der Waals surface area contributed by atoms with Gasteiger partial charge < -0.3 is 5.11 Å². The highest BCUT2D eigenvalue weighted by molar-refractivity contribution is 5.79. The number of benzene rings is 1. The minimum absolute atomic E-state index is 0.186. The van der Waals surface area contributed by atoms with Gasteiger partial charge in [0.2, 0.25) is 0 Å². The molecule has 0 heterocycles. The van der Waals surface area contributed by atoms with Crippen LogP contribution in [0.2, 0.25) is 0 Å². The Hall–Kier alpha value is -1.34. The van der Waals surface area contributed by atoms with Gasteiger partial charge in [0.05, 0.1) is 6.10 Å².